The fourth-order valence-corrected chi connectivity index (χ4v) is 3.56. The molecule has 0 unspecified atom stereocenters. The number of hydrogen-bond donors (Lipinski definition) is 3. The number of amides is 1. The molecule has 9 nitrogen and oxygen atoms in total. The van der Waals surface area contributed by atoms with E-state index in [2.05, 4.69) is 10.6 Å². The highest BCUT2D eigenvalue weighted by Crippen LogP contribution is 2.27. The van der Waals surface area contributed by atoms with Crippen LogP contribution >= 0.6 is 0 Å². The molecule has 0 radical (unpaired) electrons. The number of benzene rings is 2. The standard InChI is InChI=1S/C17H19N3O6S/c21-10-11-27(25,26)16-12-14(20(23)24)6-7-15(16)18-8-9-19-17(22)13-4-2-1-3-5-13/h1-7,12,18,21H,8-11H2,(H,19,22). The minimum absolute atomic E-state index is 0.169. The van der Waals surface area contributed by atoms with E-state index in [-0.39, 0.29) is 35.3 Å². The summed E-state index contributed by atoms with van der Waals surface area (Å²) in [4.78, 5) is 21.9. The number of nitrogens with zero attached hydrogens (tertiary/aromatic N) is 1. The Balaban J connectivity index is 2.07. The van der Waals surface area contributed by atoms with E-state index in [0.717, 1.165) is 6.07 Å². The number of nitro groups is 1. The van der Waals surface area contributed by atoms with Crippen LogP contribution in [0.15, 0.2) is 53.4 Å². The lowest BCUT2D eigenvalue weighted by molar-refractivity contribution is -0.385. The quantitative estimate of drug-likeness (QED) is 0.330. The van der Waals surface area contributed by atoms with Crippen molar-refractivity contribution in [2.45, 2.75) is 4.90 Å². The van der Waals surface area contributed by atoms with Crippen LogP contribution in [0.4, 0.5) is 11.4 Å². The summed E-state index contributed by atoms with van der Waals surface area (Å²) in [5.74, 6) is -0.817. The number of aliphatic hydroxyl groups excluding tert-OH is 1. The molecule has 2 aromatic rings. The van der Waals surface area contributed by atoms with E-state index < -0.39 is 27.1 Å². The Morgan fingerprint density at radius 3 is 2.44 bits per heavy atom. The van der Waals surface area contributed by atoms with Crippen molar-refractivity contribution < 1.29 is 23.2 Å². The molecular weight excluding hydrogens is 374 g/mol. The van der Waals surface area contributed by atoms with Gasteiger partial charge in [-0.3, -0.25) is 14.9 Å². The Hall–Kier alpha value is -2.98. The molecule has 0 aliphatic carbocycles. The summed E-state index contributed by atoms with van der Waals surface area (Å²) in [7, 11) is -3.90. The first-order valence-electron chi connectivity index (χ1n) is 8.04. The number of rotatable bonds is 9. The maximum Gasteiger partial charge on any atom is 0.270 e. The third kappa shape index (κ3) is 5.50. The highest BCUT2D eigenvalue weighted by molar-refractivity contribution is 7.91. The zero-order chi connectivity index (χ0) is 19.9. The normalized spacial score (nSPS) is 11.0. The summed E-state index contributed by atoms with van der Waals surface area (Å²) in [6.45, 7) is -0.181. The van der Waals surface area contributed by atoms with E-state index in [1.165, 1.54) is 12.1 Å². The van der Waals surface area contributed by atoms with Crippen LogP contribution in [0, 0.1) is 10.1 Å². The lowest BCUT2D eigenvalue weighted by Gasteiger charge is -2.13. The maximum atomic E-state index is 12.3. The molecule has 2 aromatic carbocycles. The van der Waals surface area contributed by atoms with Gasteiger partial charge in [-0.05, 0) is 18.2 Å². The van der Waals surface area contributed by atoms with Crippen molar-refractivity contribution in [3.8, 4) is 0 Å². The highest BCUT2D eigenvalue weighted by Gasteiger charge is 2.22. The van der Waals surface area contributed by atoms with Gasteiger partial charge in [-0.25, -0.2) is 8.42 Å². The average molecular weight is 393 g/mol. The topological polar surface area (TPSA) is 139 Å². The molecule has 0 aliphatic heterocycles. The molecule has 0 saturated carbocycles. The third-order valence-electron chi connectivity index (χ3n) is 3.63. The van der Waals surface area contributed by atoms with Gasteiger partial charge in [0.1, 0.15) is 0 Å². The largest absolute Gasteiger partial charge is 0.395 e. The van der Waals surface area contributed by atoms with E-state index in [1.54, 1.807) is 30.3 Å². The zero-order valence-corrected chi connectivity index (χ0v) is 15.1. The number of sulfone groups is 1. The molecule has 10 heteroatoms. The second kappa shape index (κ2) is 9.10. The molecule has 0 fully saturated rings. The summed E-state index contributed by atoms with van der Waals surface area (Å²) in [5.41, 5.74) is 0.302. The summed E-state index contributed by atoms with van der Waals surface area (Å²) < 4.78 is 24.5. The fourth-order valence-electron chi connectivity index (χ4n) is 2.32. The highest BCUT2D eigenvalue weighted by atomic mass is 32.2. The number of aliphatic hydroxyl groups is 1. The van der Waals surface area contributed by atoms with Crippen molar-refractivity contribution in [2.75, 3.05) is 30.8 Å². The number of carbonyl (C=O) groups excluding carboxylic acids is 1. The predicted octanol–water partition coefficient (Wildman–Crippen LogP) is 1.20. The first-order valence-corrected chi connectivity index (χ1v) is 9.69. The first kappa shape index (κ1) is 20.3. The van der Waals surface area contributed by atoms with Crippen LogP contribution < -0.4 is 10.6 Å². The van der Waals surface area contributed by atoms with Crippen LogP contribution in [0.25, 0.3) is 0 Å². The lowest BCUT2D eigenvalue weighted by Crippen LogP contribution is -2.29. The molecule has 2 rings (SSSR count). The van der Waals surface area contributed by atoms with Gasteiger partial charge in [0.25, 0.3) is 11.6 Å². The first-order chi connectivity index (χ1) is 12.8. The van der Waals surface area contributed by atoms with E-state index in [4.69, 9.17) is 5.11 Å². The van der Waals surface area contributed by atoms with Gasteiger partial charge >= 0.3 is 0 Å². The third-order valence-corrected chi connectivity index (χ3v) is 5.36. The van der Waals surface area contributed by atoms with Gasteiger partial charge in [0.2, 0.25) is 0 Å². The number of non-ortho nitro benzene ring substituents is 1. The predicted molar refractivity (Wildman–Crippen MR) is 99.5 cm³/mol. The van der Waals surface area contributed by atoms with Crippen LogP contribution in [-0.4, -0.2) is 49.8 Å². The van der Waals surface area contributed by atoms with E-state index in [0.29, 0.717) is 5.56 Å². The van der Waals surface area contributed by atoms with Crippen molar-refractivity contribution in [3.05, 3.63) is 64.2 Å². The number of nitro benzene ring substituents is 1. The van der Waals surface area contributed by atoms with Crippen molar-refractivity contribution in [1.82, 2.24) is 5.32 Å². The molecule has 0 spiro atoms. The molecular formula is C17H19N3O6S. The Morgan fingerprint density at radius 2 is 1.81 bits per heavy atom. The maximum absolute atomic E-state index is 12.3. The molecule has 0 atom stereocenters. The minimum atomic E-state index is -3.90. The minimum Gasteiger partial charge on any atom is -0.395 e. The monoisotopic (exact) mass is 393 g/mol. The Morgan fingerprint density at radius 1 is 1.11 bits per heavy atom. The van der Waals surface area contributed by atoms with Crippen molar-refractivity contribution in [1.29, 1.82) is 0 Å². The molecule has 0 aromatic heterocycles. The Kier molecular flexibility index (Phi) is 6.85. The van der Waals surface area contributed by atoms with Gasteiger partial charge in [0.05, 0.1) is 27.9 Å². The zero-order valence-electron chi connectivity index (χ0n) is 14.3. The SMILES string of the molecule is O=C(NCCNc1ccc([N+](=O)[O-])cc1S(=O)(=O)CCO)c1ccccc1. The average Bonchev–Trinajstić information content (AvgIpc) is 2.65. The number of anilines is 1. The van der Waals surface area contributed by atoms with Crippen molar-refractivity contribution >= 4 is 27.1 Å². The van der Waals surface area contributed by atoms with Gasteiger partial charge in [-0.1, -0.05) is 18.2 Å². The van der Waals surface area contributed by atoms with Crippen LogP contribution in [0.3, 0.4) is 0 Å². The smallest absolute Gasteiger partial charge is 0.270 e. The Bertz CT molecular complexity index is 916. The number of carbonyl (C=O) groups is 1. The second-order valence-corrected chi connectivity index (χ2v) is 7.61. The summed E-state index contributed by atoms with van der Waals surface area (Å²) >= 11 is 0. The molecule has 1 amide bonds. The van der Waals surface area contributed by atoms with Gasteiger partial charge in [-0.15, -0.1) is 0 Å². The van der Waals surface area contributed by atoms with Crippen LogP contribution in [0.1, 0.15) is 10.4 Å². The molecule has 0 aliphatic rings. The molecule has 3 N–H and O–H groups in total. The van der Waals surface area contributed by atoms with Crippen molar-refractivity contribution in [2.24, 2.45) is 0 Å². The van der Waals surface area contributed by atoms with E-state index in [9.17, 15) is 23.3 Å². The molecule has 0 saturated heterocycles. The molecule has 27 heavy (non-hydrogen) atoms. The van der Waals surface area contributed by atoms with Gasteiger partial charge in [0.15, 0.2) is 9.84 Å². The number of hydrogen-bond acceptors (Lipinski definition) is 7. The molecule has 144 valence electrons. The van der Waals surface area contributed by atoms with Crippen LogP contribution in [0.5, 0.6) is 0 Å². The van der Waals surface area contributed by atoms with E-state index >= 15 is 0 Å². The van der Waals surface area contributed by atoms with Gasteiger partial charge < -0.3 is 15.7 Å². The van der Waals surface area contributed by atoms with Crippen LogP contribution in [-0.2, 0) is 9.84 Å². The molecule has 0 heterocycles. The number of nitrogens with one attached hydrogen (secondary N) is 2. The summed E-state index contributed by atoms with van der Waals surface area (Å²) in [5, 5.41) is 25.4. The Labute approximate surface area is 156 Å². The fraction of sp³-hybridized carbons (Fsp3) is 0.235. The summed E-state index contributed by atoms with van der Waals surface area (Å²) in [6, 6.07) is 12.0. The van der Waals surface area contributed by atoms with Crippen molar-refractivity contribution in [3.63, 3.8) is 0 Å². The van der Waals surface area contributed by atoms with Gasteiger partial charge in [0, 0.05) is 30.8 Å². The molecule has 0 bridgehead atoms. The van der Waals surface area contributed by atoms with E-state index in [1.807, 2.05) is 0 Å². The lowest BCUT2D eigenvalue weighted by atomic mass is 10.2. The van der Waals surface area contributed by atoms with Gasteiger partial charge in [-0.2, -0.15) is 0 Å². The summed E-state index contributed by atoms with van der Waals surface area (Å²) in [6.07, 6.45) is 0. The second-order valence-electron chi connectivity index (χ2n) is 5.53. The van der Waals surface area contributed by atoms with Crippen LogP contribution in [0.2, 0.25) is 0 Å².